The van der Waals surface area contributed by atoms with Crippen molar-refractivity contribution in [1.82, 2.24) is 0 Å². The minimum absolute atomic E-state index is 0.0196. The summed E-state index contributed by atoms with van der Waals surface area (Å²) < 4.78 is 18.1. The van der Waals surface area contributed by atoms with Gasteiger partial charge in [0.15, 0.2) is 11.5 Å². The molecule has 0 aliphatic heterocycles. The van der Waals surface area contributed by atoms with Crippen molar-refractivity contribution in [1.29, 1.82) is 0 Å². The van der Waals surface area contributed by atoms with Gasteiger partial charge in [-0.2, -0.15) is 0 Å². The first-order valence-corrected chi connectivity index (χ1v) is 12.1. The molecule has 0 unspecified atom stereocenters. The lowest BCUT2D eigenvalue weighted by Crippen LogP contribution is -2.10. The van der Waals surface area contributed by atoms with E-state index in [0.717, 1.165) is 0 Å². The molecule has 0 aliphatic rings. The first-order valence-electron chi connectivity index (χ1n) is 11.0. The number of halogens is 3. The molecule has 0 atom stereocenters. The highest BCUT2D eigenvalue weighted by Gasteiger charge is 2.27. The highest BCUT2D eigenvalue weighted by Crippen LogP contribution is 2.54. The predicted octanol–water partition coefficient (Wildman–Crippen LogP) is 9.31. The van der Waals surface area contributed by atoms with Gasteiger partial charge in [0, 0.05) is 25.8 Å². The number of phenols is 1. The van der Waals surface area contributed by atoms with Gasteiger partial charge in [-0.15, -0.1) is 0 Å². The molecule has 0 spiro atoms. The molecule has 0 amide bonds. The second kappa shape index (κ2) is 10.6. The van der Waals surface area contributed by atoms with Crippen LogP contribution in [0.5, 0.6) is 34.5 Å². The van der Waals surface area contributed by atoms with E-state index in [-0.39, 0.29) is 23.0 Å². The third-order valence-electron chi connectivity index (χ3n) is 5.38. The number of fused-ring (bicyclic) bond motifs is 1. The van der Waals surface area contributed by atoms with E-state index in [1.54, 1.807) is 97.1 Å². The molecule has 184 valence electrons. The van der Waals surface area contributed by atoms with Crippen LogP contribution >= 0.6 is 34.8 Å². The Morgan fingerprint density at radius 1 is 0.595 bits per heavy atom. The van der Waals surface area contributed by atoms with Gasteiger partial charge in [-0.05, 0) is 78.9 Å². The Kier molecular flexibility index (Phi) is 7.10. The van der Waals surface area contributed by atoms with Crippen LogP contribution in [0.25, 0.3) is 10.8 Å². The molecule has 1 N–H and O–H groups in total. The minimum Gasteiger partial charge on any atom is -0.504 e. The number of phenolic OH excluding ortho intramolecular Hbond substituents is 1. The molecule has 0 saturated heterocycles. The lowest BCUT2D eigenvalue weighted by Gasteiger charge is -2.20. The summed E-state index contributed by atoms with van der Waals surface area (Å²) in [6.07, 6.45) is 0. The predicted molar refractivity (Wildman–Crippen MR) is 145 cm³/mol. The van der Waals surface area contributed by atoms with E-state index in [1.165, 1.54) is 0 Å². The number of carbonyl (C=O) groups is 1. The van der Waals surface area contributed by atoms with Crippen LogP contribution in [0.3, 0.4) is 0 Å². The molecule has 5 aromatic rings. The molecular weight excluding hydrogens is 535 g/mol. The number of benzene rings is 5. The summed E-state index contributed by atoms with van der Waals surface area (Å²) in [5.41, 5.74) is 0.329. The summed E-state index contributed by atoms with van der Waals surface area (Å²) in [6, 6.07) is 26.4. The summed E-state index contributed by atoms with van der Waals surface area (Å²) in [5, 5.41) is 13.4. The molecule has 0 heterocycles. The Labute approximate surface area is 227 Å². The Bertz CT molecular complexity index is 1590. The number of aromatic hydroxyl groups is 1. The fourth-order valence-corrected chi connectivity index (χ4v) is 4.05. The van der Waals surface area contributed by atoms with Gasteiger partial charge >= 0.3 is 5.97 Å². The zero-order chi connectivity index (χ0) is 25.9. The average molecular weight is 552 g/mol. The highest BCUT2D eigenvalue weighted by atomic mass is 35.5. The van der Waals surface area contributed by atoms with Gasteiger partial charge in [0.05, 0.1) is 5.56 Å². The van der Waals surface area contributed by atoms with E-state index in [4.69, 9.17) is 49.0 Å². The van der Waals surface area contributed by atoms with E-state index >= 15 is 0 Å². The highest BCUT2D eigenvalue weighted by molar-refractivity contribution is 6.31. The van der Waals surface area contributed by atoms with Gasteiger partial charge in [-0.1, -0.05) is 53.0 Å². The van der Waals surface area contributed by atoms with Crippen molar-refractivity contribution in [3.05, 3.63) is 118 Å². The summed E-state index contributed by atoms with van der Waals surface area (Å²) in [5.74, 6) is -0.205. The lowest BCUT2D eigenvalue weighted by atomic mass is 10.1. The van der Waals surface area contributed by atoms with Gasteiger partial charge in [0.2, 0.25) is 11.5 Å². The van der Waals surface area contributed by atoms with E-state index in [9.17, 15) is 9.90 Å². The van der Waals surface area contributed by atoms with Gasteiger partial charge in [-0.25, -0.2) is 4.79 Å². The smallest absolute Gasteiger partial charge is 0.343 e. The fraction of sp³-hybridized carbons (Fsp3) is 0. The van der Waals surface area contributed by atoms with E-state index in [1.807, 2.05) is 0 Å². The Balaban J connectivity index is 1.73. The second-order valence-electron chi connectivity index (χ2n) is 7.89. The van der Waals surface area contributed by atoms with Crippen LogP contribution in [0.2, 0.25) is 15.1 Å². The van der Waals surface area contributed by atoms with Crippen molar-refractivity contribution in [3.8, 4) is 34.5 Å². The minimum atomic E-state index is -0.624. The van der Waals surface area contributed by atoms with E-state index in [0.29, 0.717) is 42.9 Å². The maximum Gasteiger partial charge on any atom is 0.343 e. The maximum absolute atomic E-state index is 13.1. The van der Waals surface area contributed by atoms with Crippen LogP contribution in [0.1, 0.15) is 10.4 Å². The largest absolute Gasteiger partial charge is 0.504 e. The number of ether oxygens (including phenoxy) is 3. The quantitative estimate of drug-likeness (QED) is 0.168. The number of esters is 1. The van der Waals surface area contributed by atoms with Crippen LogP contribution in [-0.4, -0.2) is 11.1 Å². The van der Waals surface area contributed by atoms with Gasteiger partial charge in [-0.3, -0.25) is 0 Å². The maximum atomic E-state index is 13.1. The zero-order valence-electron chi connectivity index (χ0n) is 19.0. The molecular formula is C29H17Cl3O5. The Morgan fingerprint density at radius 3 is 1.73 bits per heavy atom. The summed E-state index contributed by atoms with van der Waals surface area (Å²) in [6.45, 7) is 0. The fourth-order valence-electron chi connectivity index (χ4n) is 3.62. The average Bonchev–Trinajstić information content (AvgIpc) is 2.91. The molecule has 8 heteroatoms. The van der Waals surface area contributed by atoms with Crippen molar-refractivity contribution in [2.45, 2.75) is 0 Å². The standard InChI is InChI=1S/C29H17Cl3O5/c30-18-6-11-21(12-7-18)35-27-25(33)24-16-20(32)10-15-23(24)26(37-29(34)17-4-2-1-3-5-17)28(27)36-22-13-8-19(31)9-14-22/h1-16,33H. The van der Waals surface area contributed by atoms with Crippen LogP contribution < -0.4 is 14.2 Å². The molecule has 0 aromatic heterocycles. The molecule has 0 bridgehead atoms. The van der Waals surface area contributed by atoms with Crippen molar-refractivity contribution >= 4 is 51.5 Å². The molecule has 0 saturated carbocycles. The van der Waals surface area contributed by atoms with Crippen molar-refractivity contribution in [3.63, 3.8) is 0 Å². The summed E-state index contributed by atoms with van der Waals surface area (Å²) in [4.78, 5) is 13.1. The molecule has 0 fully saturated rings. The first kappa shape index (κ1) is 24.8. The lowest BCUT2D eigenvalue weighted by molar-refractivity contribution is 0.0732. The number of hydrogen-bond acceptors (Lipinski definition) is 5. The molecule has 5 rings (SSSR count). The zero-order valence-corrected chi connectivity index (χ0v) is 21.2. The van der Waals surface area contributed by atoms with Gasteiger partial charge in [0.1, 0.15) is 11.5 Å². The normalized spacial score (nSPS) is 10.8. The molecule has 0 radical (unpaired) electrons. The van der Waals surface area contributed by atoms with E-state index < -0.39 is 5.97 Å². The van der Waals surface area contributed by atoms with Crippen molar-refractivity contribution in [2.24, 2.45) is 0 Å². The van der Waals surface area contributed by atoms with Crippen molar-refractivity contribution in [2.75, 3.05) is 0 Å². The van der Waals surface area contributed by atoms with Crippen LogP contribution in [-0.2, 0) is 0 Å². The van der Waals surface area contributed by atoms with Crippen molar-refractivity contribution < 1.29 is 24.1 Å². The number of rotatable bonds is 6. The van der Waals surface area contributed by atoms with Crippen LogP contribution in [0.4, 0.5) is 0 Å². The third-order valence-corrected chi connectivity index (χ3v) is 6.12. The van der Waals surface area contributed by atoms with E-state index in [2.05, 4.69) is 0 Å². The van der Waals surface area contributed by atoms with Crippen LogP contribution in [0.15, 0.2) is 97.1 Å². The molecule has 5 nitrogen and oxygen atoms in total. The molecule has 37 heavy (non-hydrogen) atoms. The third kappa shape index (κ3) is 5.44. The monoisotopic (exact) mass is 550 g/mol. The first-order chi connectivity index (χ1) is 17.9. The number of carbonyl (C=O) groups excluding carboxylic acids is 1. The second-order valence-corrected chi connectivity index (χ2v) is 9.20. The Morgan fingerprint density at radius 2 is 1.14 bits per heavy atom. The SMILES string of the molecule is O=C(Oc1c(Oc2ccc(Cl)cc2)c(Oc2ccc(Cl)cc2)c(O)c2cc(Cl)ccc12)c1ccccc1. The summed E-state index contributed by atoms with van der Waals surface area (Å²) in [7, 11) is 0. The Hall–Kier alpha value is -3.90. The van der Waals surface area contributed by atoms with Crippen LogP contribution in [0, 0.1) is 0 Å². The molecule has 0 aliphatic carbocycles. The van der Waals surface area contributed by atoms with Gasteiger partial charge in [0.25, 0.3) is 0 Å². The molecule has 5 aromatic carbocycles. The summed E-state index contributed by atoms with van der Waals surface area (Å²) >= 11 is 18.3. The number of hydrogen-bond donors (Lipinski definition) is 1. The topological polar surface area (TPSA) is 65.0 Å². The van der Waals surface area contributed by atoms with Gasteiger partial charge < -0.3 is 19.3 Å².